The van der Waals surface area contributed by atoms with Crippen molar-refractivity contribution in [2.24, 2.45) is 7.05 Å². The summed E-state index contributed by atoms with van der Waals surface area (Å²) in [5.41, 5.74) is 1.24. The zero-order chi connectivity index (χ0) is 11.4. The Hall–Kier alpha value is -0.880. The molecule has 15 heavy (non-hydrogen) atoms. The lowest BCUT2D eigenvalue weighted by Gasteiger charge is -2.01. The third-order valence-corrected chi connectivity index (χ3v) is 2.70. The van der Waals surface area contributed by atoms with E-state index in [1.54, 1.807) is 14.0 Å². The Balaban J connectivity index is 3.02. The first-order valence-electron chi connectivity index (χ1n) is 4.64. The van der Waals surface area contributed by atoms with Crippen LogP contribution in [0.15, 0.2) is 4.47 Å². The lowest BCUT2D eigenvalue weighted by Crippen LogP contribution is -2.10. The standard InChI is InChI=1S/C9H14BrN3O2/c1-4-15-9(14)8-7(10)6(5-11-2)12-13(8)3/h11H,4-5H2,1-3H3. The van der Waals surface area contributed by atoms with Crippen LogP contribution < -0.4 is 5.32 Å². The number of carbonyl (C=O) groups is 1. The van der Waals surface area contributed by atoms with Gasteiger partial charge in [0.1, 0.15) is 0 Å². The smallest absolute Gasteiger partial charge is 0.357 e. The number of hydrogen-bond donors (Lipinski definition) is 1. The highest BCUT2D eigenvalue weighted by Gasteiger charge is 2.20. The number of aryl methyl sites for hydroxylation is 1. The molecule has 0 bridgehead atoms. The summed E-state index contributed by atoms with van der Waals surface area (Å²) in [7, 11) is 3.54. The van der Waals surface area contributed by atoms with Crippen LogP contribution >= 0.6 is 15.9 Å². The van der Waals surface area contributed by atoms with Gasteiger partial charge in [0, 0.05) is 13.6 Å². The molecule has 1 aromatic heterocycles. The van der Waals surface area contributed by atoms with Gasteiger partial charge < -0.3 is 10.1 Å². The van der Waals surface area contributed by atoms with Gasteiger partial charge >= 0.3 is 5.97 Å². The molecular weight excluding hydrogens is 262 g/mol. The summed E-state index contributed by atoms with van der Waals surface area (Å²) in [6.07, 6.45) is 0. The monoisotopic (exact) mass is 275 g/mol. The molecule has 0 spiro atoms. The van der Waals surface area contributed by atoms with Gasteiger partial charge in [0.05, 0.1) is 16.8 Å². The second-order valence-electron chi connectivity index (χ2n) is 2.98. The van der Waals surface area contributed by atoms with Crippen molar-refractivity contribution in [3.05, 3.63) is 15.9 Å². The molecule has 84 valence electrons. The number of esters is 1. The van der Waals surface area contributed by atoms with Crippen molar-refractivity contribution in [3.8, 4) is 0 Å². The first-order valence-corrected chi connectivity index (χ1v) is 5.44. The summed E-state index contributed by atoms with van der Waals surface area (Å²) in [6, 6.07) is 0. The Morgan fingerprint density at radius 1 is 1.67 bits per heavy atom. The number of hydrogen-bond acceptors (Lipinski definition) is 4. The van der Waals surface area contributed by atoms with E-state index in [1.807, 2.05) is 7.05 Å². The molecule has 5 nitrogen and oxygen atoms in total. The topological polar surface area (TPSA) is 56.1 Å². The quantitative estimate of drug-likeness (QED) is 0.836. The van der Waals surface area contributed by atoms with E-state index >= 15 is 0 Å². The maximum Gasteiger partial charge on any atom is 0.357 e. The predicted octanol–water partition coefficient (Wildman–Crippen LogP) is 1.08. The van der Waals surface area contributed by atoms with E-state index < -0.39 is 0 Å². The van der Waals surface area contributed by atoms with Crippen molar-refractivity contribution in [1.82, 2.24) is 15.1 Å². The van der Waals surface area contributed by atoms with Crippen molar-refractivity contribution in [3.63, 3.8) is 0 Å². The van der Waals surface area contributed by atoms with Crippen LogP contribution in [0.3, 0.4) is 0 Å². The zero-order valence-electron chi connectivity index (χ0n) is 9.00. The summed E-state index contributed by atoms with van der Waals surface area (Å²) in [5.74, 6) is -0.360. The first-order chi connectivity index (χ1) is 7.11. The van der Waals surface area contributed by atoms with E-state index in [0.717, 1.165) is 5.69 Å². The molecule has 0 unspecified atom stereocenters. The molecule has 0 amide bonds. The van der Waals surface area contributed by atoms with E-state index in [4.69, 9.17) is 4.74 Å². The lowest BCUT2D eigenvalue weighted by molar-refractivity contribution is 0.0512. The van der Waals surface area contributed by atoms with Crippen molar-refractivity contribution >= 4 is 21.9 Å². The van der Waals surface area contributed by atoms with Gasteiger partial charge in [0.25, 0.3) is 0 Å². The minimum atomic E-state index is -0.360. The largest absolute Gasteiger partial charge is 0.461 e. The fourth-order valence-corrected chi connectivity index (χ4v) is 1.89. The minimum Gasteiger partial charge on any atom is -0.461 e. The Kier molecular flexibility index (Phi) is 4.28. The molecule has 6 heteroatoms. The second kappa shape index (κ2) is 5.27. The molecule has 1 rings (SSSR count). The van der Waals surface area contributed by atoms with E-state index in [9.17, 15) is 4.79 Å². The molecule has 1 heterocycles. The molecular formula is C9H14BrN3O2. The Morgan fingerprint density at radius 2 is 2.33 bits per heavy atom. The molecule has 0 atom stereocenters. The number of carbonyl (C=O) groups excluding carboxylic acids is 1. The zero-order valence-corrected chi connectivity index (χ0v) is 10.6. The third kappa shape index (κ3) is 2.57. The second-order valence-corrected chi connectivity index (χ2v) is 3.78. The molecule has 0 radical (unpaired) electrons. The van der Waals surface area contributed by atoms with Crippen LogP contribution in [0.1, 0.15) is 23.1 Å². The van der Waals surface area contributed by atoms with Crippen LogP contribution in [-0.2, 0) is 18.3 Å². The molecule has 0 aliphatic heterocycles. The number of nitrogens with zero attached hydrogens (tertiary/aromatic N) is 2. The molecule has 0 fully saturated rings. The number of rotatable bonds is 4. The maximum atomic E-state index is 11.6. The average molecular weight is 276 g/mol. The highest BCUT2D eigenvalue weighted by molar-refractivity contribution is 9.10. The lowest BCUT2D eigenvalue weighted by atomic mass is 10.3. The number of nitrogens with one attached hydrogen (secondary N) is 1. The van der Waals surface area contributed by atoms with E-state index in [0.29, 0.717) is 23.3 Å². The highest BCUT2D eigenvalue weighted by atomic mass is 79.9. The summed E-state index contributed by atoms with van der Waals surface area (Å²) < 4.78 is 7.15. The van der Waals surface area contributed by atoms with Crippen molar-refractivity contribution in [1.29, 1.82) is 0 Å². The first kappa shape index (κ1) is 12.2. The minimum absolute atomic E-state index is 0.359. The van der Waals surface area contributed by atoms with Crippen molar-refractivity contribution in [2.75, 3.05) is 13.7 Å². The van der Waals surface area contributed by atoms with Crippen molar-refractivity contribution in [2.45, 2.75) is 13.5 Å². The van der Waals surface area contributed by atoms with Crippen LogP contribution in [0.2, 0.25) is 0 Å². The highest BCUT2D eigenvalue weighted by Crippen LogP contribution is 2.21. The van der Waals surface area contributed by atoms with Gasteiger partial charge in [0.2, 0.25) is 0 Å². The molecule has 0 aliphatic carbocycles. The Bertz CT molecular complexity index is 362. The van der Waals surface area contributed by atoms with Crippen LogP contribution in [0.4, 0.5) is 0 Å². The SMILES string of the molecule is CCOC(=O)c1c(Br)c(CNC)nn1C. The van der Waals surface area contributed by atoms with Gasteiger partial charge in [-0.05, 0) is 29.9 Å². The predicted molar refractivity (Wildman–Crippen MR) is 59.6 cm³/mol. The Morgan fingerprint density at radius 3 is 2.87 bits per heavy atom. The summed E-state index contributed by atoms with van der Waals surface area (Å²) in [5, 5.41) is 7.19. The van der Waals surface area contributed by atoms with Gasteiger partial charge in [-0.3, -0.25) is 4.68 Å². The van der Waals surface area contributed by atoms with Gasteiger partial charge in [0.15, 0.2) is 5.69 Å². The van der Waals surface area contributed by atoms with E-state index in [1.165, 1.54) is 4.68 Å². The fraction of sp³-hybridized carbons (Fsp3) is 0.556. The van der Waals surface area contributed by atoms with Gasteiger partial charge in [-0.25, -0.2) is 4.79 Å². The summed E-state index contributed by atoms with van der Waals surface area (Å²) >= 11 is 3.35. The van der Waals surface area contributed by atoms with E-state index in [-0.39, 0.29) is 5.97 Å². The summed E-state index contributed by atoms with van der Waals surface area (Å²) in [6.45, 7) is 2.74. The van der Waals surface area contributed by atoms with E-state index in [2.05, 4.69) is 26.3 Å². The van der Waals surface area contributed by atoms with Crippen LogP contribution in [0.5, 0.6) is 0 Å². The molecule has 1 aromatic rings. The van der Waals surface area contributed by atoms with Gasteiger partial charge in [-0.1, -0.05) is 0 Å². The maximum absolute atomic E-state index is 11.6. The van der Waals surface area contributed by atoms with Crippen molar-refractivity contribution < 1.29 is 9.53 Å². The fourth-order valence-electron chi connectivity index (χ4n) is 1.26. The molecule has 0 aliphatic rings. The molecule has 0 aromatic carbocycles. The third-order valence-electron chi connectivity index (χ3n) is 1.87. The van der Waals surface area contributed by atoms with Gasteiger partial charge in [-0.15, -0.1) is 0 Å². The van der Waals surface area contributed by atoms with Crippen LogP contribution in [0, 0.1) is 0 Å². The molecule has 1 N–H and O–H groups in total. The average Bonchev–Trinajstić information content (AvgIpc) is 2.43. The number of ether oxygens (including phenoxy) is 1. The normalized spacial score (nSPS) is 10.4. The molecule has 0 saturated carbocycles. The van der Waals surface area contributed by atoms with Crippen LogP contribution in [0.25, 0.3) is 0 Å². The number of aromatic nitrogens is 2. The summed E-state index contributed by atoms with van der Waals surface area (Å²) in [4.78, 5) is 11.6. The molecule has 0 saturated heterocycles. The Labute approximate surface area is 96.9 Å². The van der Waals surface area contributed by atoms with Gasteiger partial charge in [-0.2, -0.15) is 5.10 Å². The number of halogens is 1. The van der Waals surface area contributed by atoms with Crippen LogP contribution in [-0.4, -0.2) is 29.4 Å².